The Morgan fingerprint density at radius 2 is 1.79 bits per heavy atom. The first kappa shape index (κ1) is 17.9. The van der Waals surface area contributed by atoms with Gasteiger partial charge in [-0.15, -0.1) is 0 Å². The van der Waals surface area contributed by atoms with E-state index in [1.54, 1.807) is 19.2 Å². The van der Waals surface area contributed by atoms with Crippen LogP contribution in [0.5, 0.6) is 5.75 Å². The zero-order valence-electron chi connectivity index (χ0n) is 13.0. The van der Waals surface area contributed by atoms with Crippen molar-refractivity contribution < 1.29 is 13.9 Å². The minimum atomic E-state index is -0.213. The molecule has 1 aliphatic rings. The Labute approximate surface area is 116 Å². The van der Waals surface area contributed by atoms with Gasteiger partial charge in [-0.2, -0.15) is 0 Å². The van der Waals surface area contributed by atoms with Crippen molar-refractivity contribution in [2.45, 2.75) is 41.0 Å². The highest BCUT2D eigenvalue weighted by molar-refractivity contribution is 5.35. The van der Waals surface area contributed by atoms with Crippen LogP contribution >= 0.6 is 0 Å². The normalized spacial score (nSPS) is 15.1. The van der Waals surface area contributed by atoms with E-state index in [0.29, 0.717) is 0 Å². The third-order valence-electron chi connectivity index (χ3n) is 2.76. The third-order valence-corrected chi connectivity index (χ3v) is 2.76. The van der Waals surface area contributed by atoms with E-state index in [-0.39, 0.29) is 11.2 Å². The first-order chi connectivity index (χ1) is 9.13. The molecule has 19 heavy (non-hydrogen) atoms. The summed E-state index contributed by atoms with van der Waals surface area (Å²) in [4.78, 5) is 0. The van der Waals surface area contributed by atoms with Gasteiger partial charge in [-0.1, -0.05) is 34.6 Å². The fourth-order valence-corrected chi connectivity index (χ4v) is 1.90. The quantitative estimate of drug-likeness (QED) is 0.807. The number of halogens is 1. The second kappa shape index (κ2) is 8.92. The highest BCUT2D eigenvalue weighted by Gasteiger charge is 2.34. The van der Waals surface area contributed by atoms with Crippen molar-refractivity contribution in [3.8, 4) is 5.75 Å². The van der Waals surface area contributed by atoms with Crippen LogP contribution in [0, 0.1) is 11.2 Å². The molecular weight excluding hydrogens is 243 g/mol. The van der Waals surface area contributed by atoms with Gasteiger partial charge in [0.05, 0.1) is 20.3 Å². The zero-order chi connectivity index (χ0) is 14.9. The molecule has 1 aromatic carbocycles. The lowest BCUT2D eigenvalue weighted by Gasteiger charge is -2.38. The maximum absolute atomic E-state index is 13.1. The lowest BCUT2D eigenvalue weighted by atomic mass is 9.82. The first-order valence-corrected chi connectivity index (χ1v) is 7.03. The SMILES string of the molecule is CC.CC.COc1ccc(F)cc1CC1(C)COC1. The van der Waals surface area contributed by atoms with Crippen LogP contribution < -0.4 is 4.74 Å². The summed E-state index contributed by atoms with van der Waals surface area (Å²) in [5.41, 5.74) is 1.06. The molecule has 0 aromatic heterocycles. The van der Waals surface area contributed by atoms with E-state index in [1.165, 1.54) is 6.07 Å². The molecule has 0 unspecified atom stereocenters. The van der Waals surface area contributed by atoms with E-state index in [2.05, 4.69) is 6.92 Å². The van der Waals surface area contributed by atoms with Gasteiger partial charge in [0.25, 0.3) is 0 Å². The van der Waals surface area contributed by atoms with E-state index < -0.39 is 0 Å². The van der Waals surface area contributed by atoms with Gasteiger partial charge in [-0.05, 0) is 30.2 Å². The number of benzene rings is 1. The summed E-state index contributed by atoms with van der Waals surface area (Å²) in [7, 11) is 1.61. The van der Waals surface area contributed by atoms with Crippen molar-refractivity contribution in [2.75, 3.05) is 20.3 Å². The molecule has 0 saturated carbocycles. The Bertz CT molecular complexity index is 360. The Balaban J connectivity index is 0.000000741. The fourth-order valence-electron chi connectivity index (χ4n) is 1.90. The molecule has 1 aromatic rings. The van der Waals surface area contributed by atoms with Gasteiger partial charge >= 0.3 is 0 Å². The lowest BCUT2D eigenvalue weighted by Crippen LogP contribution is -2.41. The average molecular weight is 270 g/mol. The number of ether oxygens (including phenoxy) is 2. The molecule has 0 atom stereocenters. The van der Waals surface area contributed by atoms with Crippen LogP contribution in [-0.2, 0) is 11.2 Å². The number of methoxy groups -OCH3 is 1. The van der Waals surface area contributed by atoms with E-state index in [9.17, 15) is 4.39 Å². The second-order valence-electron chi connectivity index (χ2n) is 4.44. The summed E-state index contributed by atoms with van der Waals surface area (Å²) in [6.45, 7) is 11.6. The van der Waals surface area contributed by atoms with E-state index in [0.717, 1.165) is 30.9 Å². The Morgan fingerprint density at radius 1 is 1.21 bits per heavy atom. The standard InChI is InChI=1S/C12H15FO2.2C2H6/c1-12(7-15-8-12)6-9-5-10(13)3-4-11(9)14-2;2*1-2/h3-5H,6-8H2,1-2H3;2*1-2H3. The van der Waals surface area contributed by atoms with Gasteiger partial charge in [0.2, 0.25) is 0 Å². The third kappa shape index (κ3) is 5.19. The molecule has 1 heterocycles. The summed E-state index contributed by atoms with van der Waals surface area (Å²) >= 11 is 0. The molecule has 1 saturated heterocycles. The van der Waals surface area contributed by atoms with Gasteiger partial charge in [0.1, 0.15) is 11.6 Å². The summed E-state index contributed by atoms with van der Waals surface area (Å²) in [6, 6.07) is 4.64. The summed E-state index contributed by atoms with van der Waals surface area (Å²) in [5, 5.41) is 0. The minimum Gasteiger partial charge on any atom is -0.496 e. The Kier molecular flexibility index (Phi) is 8.41. The van der Waals surface area contributed by atoms with E-state index in [1.807, 2.05) is 27.7 Å². The molecule has 1 fully saturated rings. The van der Waals surface area contributed by atoms with Crippen molar-refractivity contribution in [2.24, 2.45) is 5.41 Å². The van der Waals surface area contributed by atoms with Crippen molar-refractivity contribution in [1.82, 2.24) is 0 Å². The topological polar surface area (TPSA) is 18.5 Å². The molecule has 0 aliphatic carbocycles. The van der Waals surface area contributed by atoms with Crippen molar-refractivity contribution in [3.63, 3.8) is 0 Å². The first-order valence-electron chi connectivity index (χ1n) is 7.03. The molecule has 3 heteroatoms. The van der Waals surface area contributed by atoms with Crippen molar-refractivity contribution >= 4 is 0 Å². The van der Waals surface area contributed by atoms with Crippen LogP contribution in [0.15, 0.2) is 18.2 Å². The van der Waals surface area contributed by atoms with Gasteiger partial charge in [-0.3, -0.25) is 0 Å². The van der Waals surface area contributed by atoms with Gasteiger partial charge in [0, 0.05) is 5.41 Å². The molecule has 110 valence electrons. The van der Waals surface area contributed by atoms with Crippen LogP contribution in [0.1, 0.15) is 40.2 Å². The van der Waals surface area contributed by atoms with Crippen molar-refractivity contribution in [1.29, 1.82) is 0 Å². The number of hydrogen-bond donors (Lipinski definition) is 0. The van der Waals surface area contributed by atoms with Gasteiger partial charge in [0.15, 0.2) is 0 Å². The predicted molar refractivity (Wildman–Crippen MR) is 78.3 cm³/mol. The minimum absolute atomic E-state index is 0.140. The second-order valence-corrected chi connectivity index (χ2v) is 4.44. The monoisotopic (exact) mass is 270 g/mol. The van der Waals surface area contributed by atoms with E-state index >= 15 is 0 Å². The Hall–Kier alpha value is -1.09. The van der Waals surface area contributed by atoms with Crippen LogP contribution in [0.2, 0.25) is 0 Å². The molecule has 0 bridgehead atoms. The largest absolute Gasteiger partial charge is 0.496 e. The summed E-state index contributed by atoms with van der Waals surface area (Å²) < 4.78 is 23.5. The maximum Gasteiger partial charge on any atom is 0.123 e. The predicted octanol–water partition coefficient (Wildman–Crippen LogP) is 4.47. The van der Waals surface area contributed by atoms with Crippen LogP contribution in [-0.4, -0.2) is 20.3 Å². The number of rotatable bonds is 3. The Morgan fingerprint density at radius 3 is 2.21 bits per heavy atom. The van der Waals surface area contributed by atoms with Crippen molar-refractivity contribution in [3.05, 3.63) is 29.6 Å². The van der Waals surface area contributed by atoms with Gasteiger partial charge in [-0.25, -0.2) is 4.39 Å². The van der Waals surface area contributed by atoms with Gasteiger partial charge < -0.3 is 9.47 Å². The molecule has 1 aliphatic heterocycles. The van der Waals surface area contributed by atoms with Crippen LogP contribution in [0.3, 0.4) is 0 Å². The molecule has 0 N–H and O–H groups in total. The highest BCUT2D eigenvalue weighted by Crippen LogP contribution is 2.34. The fraction of sp³-hybridized carbons (Fsp3) is 0.625. The molecule has 0 radical (unpaired) electrons. The average Bonchev–Trinajstić information content (AvgIpc) is 2.42. The molecule has 2 nitrogen and oxygen atoms in total. The lowest BCUT2D eigenvalue weighted by molar-refractivity contribution is -0.101. The maximum atomic E-state index is 13.1. The highest BCUT2D eigenvalue weighted by atomic mass is 19.1. The summed E-state index contributed by atoms with van der Waals surface area (Å²) in [6.07, 6.45) is 0.800. The number of hydrogen-bond acceptors (Lipinski definition) is 2. The van der Waals surface area contributed by atoms with Crippen LogP contribution in [0.25, 0.3) is 0 Å². The van der Waals surface area contributed by atoms with E-state index in [4.69, 9.17) is 9.47 Å². The molecular formula is C16H27FO2. The summed E-state index contributed by atoms with van der Waals surface area (Å²) in [5.74, 6) is 0.541. The molecule has 0 amide bonds. The zero-order valence-corrected chi connectivity index (χ0v) is 13.0. The van der Waals surface area contributed by atoms with Crippen LogP contribution in [0.4, 0.5) is 4.39 Å². The molecule has 2 rings (SSSR count). The smallest absolute Gasteiger partial charge is 0.123 e. The molecule has 0 spiro atoms.